The van der Waals surface area contributed by atoms with E-state index in [1.807, 2.05) is 13.0 Å². The molecule has 0 saturated heterocycles. The average Bonchev–Trinajstić information content (AvgIpc) is 2.87. The molecule has 0 radical (unpaired) electrons. The van der Waals surface area contributed by atoms with Crippen LogP contribution in [-0.2, 0) is 6.42 Å². The van der Waals surface area contributed by atoms with Crippen molar-refractivity contribution in [3.8, 4) is 5.75 Å². The van der Waals surface area contributed by atoms with Gasteiger partial charge in [-0.3, -0.25) is 0 Å². The molecule has 0 bridgehead atoms. The second-order valence-corrected chi connectivity index (χ2v) is 10.2. The Kier molecular flexibility index (Phi) is 8.57. The van der Waals surface area contributed by atoms with E-state index in [9.17, 15) is 18.3 Å². The normalized spacial score (nSPS) is 25.3. The first-order valence-electron chi connectivity index (χ1n) is 13.0. The summed E-state index contributed by atoms with van der Waals surface area (Å²) in [6.45, 7) is 2.47. The molecule has 186 valence electrons. The Morgan fingerprint density at radius 1 is 0.824 bits per heavy atom. The smallest absolute Gasteiger partial charge is 0.165 e. The van der Waals surface area contributed by atoms with Gasteiger partial charge in [0.1, 0.15) is 0 Å². The molecule has 2 saturated carbocycles. The van der Waals surface area contributed by atoms with Gasteiger partial charge >= 0.3 is 0 Å². The van der Waals surface area contributed by atoms with Gasteiger partial charge in [-0.25, -0.2) is 13.2 Å². The summed E-state index contributed by atoms with van der Waals surface area (Å²) in [5, 5.41) is 9.31. The van der Waals surface area contributed by atoms with Crippen LogP contribution in [0.5, 0.6) is 5.75 Å². The van der Waals surface area contributed by atoms with E-state index < -0.39 is 11.6 Å². The maximum atomic E-state index is 14.9. The predicted octanol–water partition coefficient (Wildman–Crippen LogP) is 7.68. The highest BCUT2D eigenvalue weighted by Gasteiger charge is 2.27. The fourth-order valence-electron chi connectivity index (χ4n) is 5.96. The number of rotatable bonds is 8. The second kappa shape index (κ2) is 11.6. The molecule has 0 atom stereocenters. The Morgan fingerprint density at radius 2 is 1.50 bits per heavy atom. The zero-order valence-corrected chi connectivity index (χ0v) is 20.2. The first-order chi connectivity index (χ1) is 16.5. The number of halogens is 3. The molecule has 34 heavy (non-hydrogen) atoms. The van der Waals surface area contributed by atoms with Gasteiger partial charge in [0.05, 0.1) is 6.61 Å². The van der Waals surface area contributed by atoms with E-state index in [2.05, 4.69) is 0 Å². The maximum absolute atomic E-state index is 14.9. The van der Waals surface area contributed by atoms with Crippen LogP contribution in [-0.4, -0.2) is 18.3 Å². The summed E-state index contributed by atoms with van der Waals surface area (Å²) < 4.78 is 49.3. The van der Waals surface area contributed by atoms with Crippen molar-refractivity contribution in [3.05, 3.63) is 64.5 Å². The lowest BCUT2D eigenvalue weighted by molar-refractivity contribution is 0.181. The third kappa shape index (κ3) is 5.79. The van der Waals surface area contributed by atoms with Crippen molar-refractivity contribution in [2.24, 2.45) is 11.8 Å². The summed E-state index contributed by atoms with van der Waals surface area (Å²) in [5.74, 6) is -0.176. The van der Waals surface area contributed by atoms with Crippen molar-refractivity contribution >= 4 is 0 Å². The highest BCUT2D eigenvalue weighted by molar-refractivity contribution is 5.32. The van der Waals surface area contributed by atoms with E-state index >= 15 is 0 Å². The lowest BCUT2D eigenvalue weighted by Gasteiger charge is -2.29. The largest absolute Gasteiger partial charge is 0.491 e. The van der Waals surface area contributed by atoms with Crippen LogP contribution in [0.25, 0.3) is 0 Å². The molecular formula is C29H37F3O2. The van der Waals surface area contributed by atoms with Crippen molar-refractivity contribution in [2.45, 2.75) is 83.0 Å². The first kappa shape index (κ1) is 25.1. The van der Waals surface area contributed by atoms with Crippen LogP contribution < -0.4 is 4.74 Å². The molecule has 0 amide bonds. The van der Waals surface area contributed by atoms with E-state index in [0.717, 1.165) is 63.4 Å². The van der Waals surface area contributed by atoms with Crippen molar-refractivity contribution < 1.29 is 23.0 Å². The Hall–Kier alpha value is -2.01. The molecule has 2 aromatic rings. The molecule has 0 unspecified atom stereocenters. The minimum absolute atomic E-state index is 0.0501. The number of aliphatic hydroxyl groups excluding tert-OH is 1. The minimum Gasteiger partial charge on any atom is -0.491 e. The van der Waals surface area contributed by atoms with Crippen LogP contribution in [0, 0.1) is 29.3 Å². The second-order valence-electron chi connectivity index (χ2n) is 10.2. The monoisotopic (exact) mass is 474 g/mol. The molecule has 2 fully saturated rings. The number of ether oxygens (including phenoxy) is 1. The van der Waals surface area contributed by atoms with Crippen molar-refractivity contribution in [2.75, 3.05) is 13.2 Å². The molecule has 1 N–H and O–H groups in total. The molecule has 0 heterocycles. The SMILES string of the molecule is CCOc1ccc(C2CCC(CCc3ccc(C4CCC(CO)CC4)c(F)c3F)CC2)cc1F. The highest BCUT2D eigenvalue weighted by Crippen LogP contribution is 2.40. The zero-order chi connectivity index (χ0) is 24.1. The summed E-state index contributed by atoms with van der Waals surface area (Å²) in [6, 6.07) is 8.86. The Bertz CT molecular complexity index is 945. The van der Waals surface area contributed by atoms with Crippen molar-refractivity contribution in [1.82, 2.24) is 0 Å². The van der Waals surface area contributed by atoms with Gasteiger partial charge in [0.15, 0.2) is 23.2 Å². The number of aliphatic hydroxyl groups is 1. The highest BCUT2D eigenvalue weighted by atomic mass is 19.2. The van der Waals surface area contributed by atoms with Gasteiger partial charge in [0, 0.05) is 6.61 Å². The summed E-state index contributed by atoms with van der Waals surface area (Å²) in [4.78, 5) is 0. The summed E-state index contributed by atoms with van der Waals surface area (Å²) in [7, 11) is 0. The Labute approximate surface area is 201 Å². The molecule has 2 nitrogen and oxygen atoms in total. The van der Waals surface area contributed by atoms with Gasteiger partial charge in [0.25, 0.3) is 0 Å². The number of aryl methyl sites for hydroxylation is 1. The van der Waals surface area contributed by atoms with E-state index in [1.54, 1.807) is 24.3 Å². The maximum Gasteiger partial charge on any atom is 0.165 e. The van der Waals surface area contributed by atoms with E-state index in [4.69, 9.17) is 4.74 Å². The summed E-state index contributed by atoms with van der Waals surface area (Å²) >= 11 is 0. The predicted molar refractivity (Wildman–Crippen MR) is 129 cm³/mol. The fraction of sp³-hybridized carbons (Fsp3) is 0.586. The lowest BCUT2D eigenvalue weighted by Crippen LogP contribution is -2.17. The van der Waals surface area contributed by atoms with Crippen LogP contribution in [0.3, 0.4) is 0 Å². The minimum atomic E-state index is -0.680. The molecule has 2 aliphatic rings. The van der Waals surface area contributed by atoms with Gasteiger partial charge in [0.2, 0.25) is 0 Å². The third-order valence-corrected chi connectivity index (χ3v) is 8.13. The van der Waals surface area contributed by atoms with Gasteiger partial charge in [-0.1, -0.05) is 18.2 Å². The topological polar surface area (TPSA) is 29.5 Å². The summed E-state index contributed by atoms with van der Waals surface area (Å²) in [5.41, 5.74) is 2.00. The van der Waals surface area contributed by atoms with E-state index in [0.29, 0.717) is 47.7 Å². The van der Waals surface area contributed by atoms with Crippen LogP contribution in [0.15, 0.2) is 30.3 Å². The Balaban J connectivity index is 1.29. The van der Waals surface area contributed by atoms with Crippen LogP contribution >= 0.6 is 0 Å². The molecule has 2 aliphatic carbocycles. The van der Waals surface area contributed by atoms with Gasteiger partial charge < -0.3 is 9.84 Å². The number of benzene rings is 2. The average molecular weight is 475 g/mol. The zero-order valence-electron chi connectivity index (χ0n) is 20.2. The summed E-state index contributed by atoms with van der Waals surface area (Å²) in [6.07, 6.45) is 8.78. The molecule has 2 aromatic carbocycles. The third-order valence-electron chi connectivity index (χ3n) is 8.13. The fourth-order valence-corrected chi connectivity index (χ4v) is 5.96. The molecular weight excluding hydrogens is 437 g/mol. The van der Waals surface area contributed by atoms with Gasteiger partial charge in [-0.15, -0.1) is 0 Å². The molecule has 4 rings (SSSR count). The van der Waals surface area contributed by atoms with Crippen LogP contribution in [0.1, 0.15) is 93.2 Å². The first-order valence-corrected chi connectivity index (χ1v) is 13.0. The van der Waals surface area contributed by atoms with Crippen LogP contribution in [0.4, 0.5) is 13.2 Å². The molecule has 5 heteroatoms. The van der Waals surface area contributed by atoms with E-state index in [1.165, 1.54) is 0 Å². The number of hydrogen-bond acceptors (Lipinski definition) is 2. The quantitative estimate of drug-likeness (QED) is 0.425. The van der Waals surface area contributed by atoms with Crippen molar-refractivity contribution in [1.29, 1.82) is 0 Å². The van der Waals surface area contributed by atoms with Crippen LogP contribution in [0.2, 0.25) is 0 Å². The number of hydrogen-bond donors (Lipinski definition) is 1. The molecule has 0 aliphatic heterocycles. The lowest BCUT2D eigenvalue weighted by atomic mass is 9.76. The van der Waals surface area contributed by atoms with Crippen molar-refractivity contribution in [3.63, 3.8) is 0 Å². The standard InChI is InChI=1S/C29H37F3O2/c1-2-34-27-16-14-24(17-26(27)30)21-8-3-19(4-9-21)5-12-23-13-15-25(29(32)28(23)31)22-10-6-20(18-33)7-11-22/h13-17,19-22,33H,2-12,18H2,1H3. The molecule has 0 aromatic heterocycles. The molecule has 0 spiro atoms. The van der Waals surface area contributed by atoms with Gasteiger partial charge in [-0.05, 0) is 124 Å². The van der Waals surface area contributed by atoms with Gasteiger partial charge in [-0.2, -0.15) is 0 Å². The Morgan fingerprint density at radius 3 is 2.15 bits per heavy atom. The van der Waals surface area contributed by atoms with E-state index in [-0.39, 0.29) is 18.3 Å².